The molecule has 5 nitrogen and oxygen atoms in total. The molecule has 3 rings (SSSR count). The first-order valence-corrected chi connectivity index (χ1v) is 10.1. The van der Waals surface area contributed by atoms with Gasteiger partial charge in [0.05, 0.1) is 11.6 Å². The van der Waals surface area contributed by atoms with E-state index in [0.717, 1.165) is 12.1 Å². The summed E-state index contributed by atoms with van der Waals surface area (Å²) in [4.78, 5) is 43.9. The fourth-order valence-electron chi connectivity index (χ4n) is 3.46. The number of ketones is 2. The van der Waals surface area contributed by atoms with E-state index < -0.39 is 46.9 Å². The maximum Gasteiger partial charge on any atom is 0.236 e. The lowest BCUT2D eigenvalue weighted by Crippen LogP contribution is -2.40. The third-order valence-corrected chi connectivity index (χ3v) is 5.09. The van der Waals surface area contributed by atoms with Gasteiger partial charge in [-0.15, -0.1) is 0 Å². The Labute approximate surface area is 184 Å². The van der Waals surface area contributed by atoms with Crippen molar-refractivity contribution in [2.24, 2.45) is 11.8 Å². The van der Waals surface area contributed by atoms with Crippen LogP contribution in [0.25, 0.3) is 0 Å². The van der Waals surface area contributed by atoms with Crippen molar-refractivity contribution < 1.29 is 23.2 Å². The third-order valence-electron chi connectivity index (χ3n) is 5.09. The molecule has 2 aromatic carbocycles. The number of benzene rings is 2. The van der Waals surface area contributed by atoms with E-state index >= 15 is 0 Å². The molecule has 0 aliphatic carbocycles. The summed E-state index contributed by atoms with van der Waals surface area (Å²) >= 11 is 0. The van der Waals surface area contributed by atoms with Crippen molar-refractivity contribution >= 4 is 23.2 Å². The minimum Gasteiger partial charge on any atom is -0.323 e. The predicted molar refractivity (Wildman–Crippen MR) is 116 cm³/mol. The molecular formula is C25H22F2N2O3. The van der Waals surface area contributed by atoms with Crippen LogP contribution in [0.5, 0.6) is 0 Å². The number of anilines is 1. The Bertz CT molecular complexity index is 1120. The average molecular weight is 436 g/mol. The highest BCUT2D eigenvalue weighted by atomic mass is 19.1. The Kier molecular flexibility index (Phi) is 7.20. The highest BCUT2D eigenvalue weighted by Gasteiger charge is 2.41. The van der Waals surface area contributed by atoms with E-state index in [4.69, 9.17) is 0 Å². The third kappa shape index (κ3) is 5.11. The van der Waals surface area contributed by atoms with Gasteiger partial charge in [-0.3, -0.25) is 19.4 Å². The van der Waals surface area contributed by atoms with Crippen LogP contribution < -0.4 is 5.32 Å². The minimum atomic E-state index is -1.43. The first-order chi connectivity index (χ1) is 15.3. The Morgan fingerprint density at radius 3 is 2.16 bits per heavy atom. The van der Waals surface area contributed by atoms with Crippen LogP contribution in [0, 0.1) is 23.5 Å². The van der Waals surface area contributed by atoms with Crippen molar-refractivity contribution in [1.29, 1.82) is 0 Å². The molecule has 32 heavy (non-hydrogen) atoms. The highest BCUT2D eigenvalue weighted by Crippen LogP contribution is 2.32. The molecule has 2 atom stereocenters. The number of Topliss-reactive ketones (excluding diaryl/α,β-unsaturated/α-hetero) is 2. The SMILES string of the molecule is CC(C)C(=O)C(C(=O)Nc1ccc(F)cc1F)C(C(=O)c1ccncc1)c1ccccc1. The number of nitrogens with zero attached hydrogens (tertiary/aromatic N) is 1. The number of hydrogen-bond acceptors (Lipinski definition) is 4. The molecule has 0 saturated heterocycles. The maximum absolute atomic E-state index is 14.2. The van der Waals surface area contributed by atoms with Crippen LogP contribution in [0.2, 0.25) is 0 Å². The average Bonchev–Trinajstić information content (AvgIpc) is 2.79. The van der Waals surface area contributed by atoms with Gasteiger partial charge in [0, 0.05) is 29.9 Å². The van der Waals surface area contributed by atoms with Crippen LogP contribution in [0.3, 0.4) is 0 Å². The first kappa shape index (κ1) is 22.9. The van der Waals surface area contributed by atoms with Gasteiger partial charge in [-0.1, -0.05) is 44.2 Å². The van der Waals surface area contributed by atoms with Gasteiger partial charge in [0.15, 0.2) is 5.78 Å². The molecule has 0 spiro atoms. The molecule has 1 heterocycles. The number of carbonyl (C=O) groups is 3. The Balaban J connectivity index is 2.09. The molecule has 7 heteroatoms. The number of pyridine rings is 1. The van der Waals surface area contributed by atoms with Crippen molar-refractivity contribution in [2.75, 3.05) is 5.32 Å². The summed E-state index contributed by atoms with van der Waals surface area (Å²) < 4.78 is 27.4. The smallest absolute Gasteiger partial charge is 0.236 e. The van der Waals surface area contributed by atoms with Gasteiger partial charge in [-0.25, -0.2) is 8.78 Å². The molecule has 1 amide bonds. The number of rotatable bonds is 8. The molecule has 0 radical (unpaired) electrons. The summed E-state index contributed by atoms with van der Waals surface area (Å²) in [6.07, 6.45) is 2.89. The summed E-state index contributed by atoms with van der Waals surface area (Å²) in [7, 11) is 0. The number of nitrogens with one attached hydrogen (secondary N) is 1. The zero-order valence-corrected chi connectivity index (χ0v) is 17.6. The van der Waals surface area contributed by atoms with Gasteiger partial charge < -0.3 is 5.32 Å². The minimum absolute atomic E-state index is 0.277. The Hall–Kier alpha value is -3.74. The Morgan fingerprint density at radius 2 is 1.56 bits per heavy atom. The zero-order valence-electron chi connectivity index (χ0n) is 17.6. The number of aromatic nitrogens is 1. The molecule has 0 aliphatic heterocycles. The summed E-state index contributed by atoms with van der Waals surface area (Å²) in [6.45, 7) is 3.25. The molecule has 1 aromatic heterocycles. The van der Waals surface area contributed by atoms with Crippen LogP contribution >= 0.6 is 0 Å². The van der Waals surface area contributed by atoms with E-state index in [-0.39, 0.29) is 11.3 Å². The van der Waals surface area contributed by atoms with Gasteiger partial charge >= 0.3 is 0 Å². The monoisotopic (exact) mass is 436 g/mol. The van der Waals surface area contributed by atoms with E-state index in [1.165, 1.54) is 24.5 Å². The predicted octanol–water partition coefficient (Wildman–Crippen LogP) is 4.81. The van der Waals surface area contributed by atoms with Gasteiger partial charge in [0.2, 0.25) is 5.91 Å². The first-order valence-electron chi connectivity index (χ1n) is 10.1. The second kappa shape index (κ2) is 10.0. The van der Waals surface area contributed by atoms with Crippen molar-refractivity contribution in [2.45, 2.75) is 19.8 Å². The van der Waals surface area contributed by atoms with Crippen LogP contribution in [-0.4, -0.2) is 22.5 Å². The van der Waals surface area contributed by atoms with Crippen molar-refractivity contribution in [3.05, 3.63) is 95.8 Å². The lowest BCUT2D eigenvalue weighted by Gasteiger charge is -2.26. The maximum atomic E-state index is 14.2. The summed E-state index contributed by atoms with van der Waals surface area (Å²) in [5, 5.41) is 2.36. The lowest BCUT2D eigenvalue weighted by molar-refractivity contribution is -0.133. The lowest BCUT2D eigenvalue weighted by atomic mass is 9.75. The highest BCUT2D eigenvalue weighted by molar-refractivity contribution is 6.14. The molecule has 3 aromatic rings. The molecule has 0 aliphatic rings. The zero-order chi connectivity index (χ0) is 23.3. The van der Waals surface area contributed by atoms with Crippen LogP contribution in [0.15, 0.2) is 73.1 Å². The molecule has 0 fully saturated rings. The summed E-state index contributed by atoms with van der Waals surface area (Å²) in [5.74, 6) is -6.67. The summed E-state index contributed by atoms with van der Waals surface area (Å²) in [5.41, 5.74) is 0.486. The van der Waals surface area contributed by atoms with Gasteiger partial charge in [-0.05, 0) is 29.8 Å². The fourth-order valence-corrected chi connectivity index (χ4v) is 3.46. The van der Waals surface area contributed by atoms with Gasteiger partial charge in [0.25, 0.3) is 0 Å². The second-order valence-electron chi connectivity index (χ2n) is 7.64. The second-order valence-corrected chi connectivity index (χ2v) is 7.64. The summed E-state index contributed by atoms with van der Waals surface area (Å²) in [6, 6.07) is 14.2. The van der Waals surface area contributed by atoms with Crippen molar-refractivity contribution in [3.63, 3.8) is 0 Å². The van der Waals surface area contributed by atoms with Crippen molar-refractivity contribution in [1.82, 2.24) is 4.98 Å². The van der Waals surface area contributed by atoms with E-state index in [1.54, 1.807) is 44.2 Å². The van der Waals surface area contributed by atoms with Crippen LogP contribution in [0.4, 0.5) is 14.5 Å². The van der Waals surface area contributed by atoms with E-state index in [9.17, 15) is 23.2 Å². The Morgan fingerprint density at radius 1 is 0.906 bits per heavy atom. The van der Waals surface area contributed by atoms with Gasteiger partial charge in [-0.2, -0.15) is 0 Å². The number of hydrogen-bond donors (Lipinski definition) is 1. The van der Waals surface area contributed by atoms with E-state index in [2.05, 4.69) is 10.3 Å². The van der Waals surface area contributed by atoms with Crippen molar-refractivity contribution in [3.8, 4) is 0 Å². The number of amides is 1. The van der Waals surface area contributed by atoms with E-state index in [0.29, 0.717) is 11.6 Å². The van der Waals surface area contributed by atoms with Gasteiger partial charge in [0.1, 0.15) is 23.3 Å². The topological polar surface area (TPSA) is 76.1 Å². The van der Waals surface area contributed by atoms with Crippen LogP contribution in [0.1, 0.15) is 35.7 Å². The molecular weight excluding hydrogens is 414 g/mol. The fraction of sp³-hybridized carbons (Fsp3) is 0.200. The largest absolute Gasteiger partial charge is 0.323 e. The standard InChI is InChI=1S/C25H22F2N2O3/c1-15(2)23(30)22(25(32)29-20-9-8-18(26)14-19(20)27)21(16-6-4-3-5-7-16)24(31)17-10-12-28-13-11-17/h3-15,21-22H,1-2H3,(H,29,32). The quantitative estimate of drug-likeness (QED) is 0.406. The molecule has 1 N–H and O–H groups in total. The number of halogens is 2. The molecule has 164 valence electrons. The molecule has 0 saturated carbocycles. The van der Waals surface area contributed by atoms with Crippen LogP contribution in [-0.2, 0) is 9.59 Å². The van der Waals surface area contributed by atoms with E-state index in [1.807, 2.05) is 0 Å². The number of carbonyl (C=O) groups excluding carboxylic acids is 3. The molecule has 0 bridgehead atoms. The normalized spacial score (nSPS) is 12.8. The molecule has 2 unspecified atom stereocenters.